The molecule has 3 rings (SSSR count). The Morgan fingerprint density at radius 1 is 1.42 bits per heavy atom. The van der Waals surface area contributed by atoms with Gasteiger partial charge in [0, 0.05) is 22.6 Å². The van der Waals surface area contributed by atoms with E-state index in [9.17, 15) is 9.59 Å². The molecule has 1 aliphatic rings. The maximum atomic E-state index is 12.4. The van der Waals surface area contributed by atoms with E-state index in [0.29, 0.717) is 24.0 Å². The maximum absolute atomic E-state index is 12.4. The average molecular weight is 387 g/mol. The zero-order valence-electron chi connectivity index (χ0n) is 12.8. The van der Waals surface area contributed by atoms with E-state index in [0.717, 1.165) is 16.3 Å². The number of carbonyl (C=O) groups is 2. The fraction of sp³-hybridized carbons (Fsp3) is 0.294. The summed E-state index contributed by atoms with van der Waals surface area (Å²) in [6.07, 6.45) is 3.08. The van der Waals surface area contributed by atoms with Crippen LogP contribution in [0.25, 0.3) is 10.9 Å². The average Bonchev–Trinajstić information content (AvgIpc) is 3.07. The van der Waals surface area contributed by atoms with Gasteiger partial charge in [0.25, 0.3) is 5.91 Å². The lowest BCUT2D eigenvalue weighted by Gasteiger charge is -2.19. The van der Waals surface area contributed by atoms with Crippen molar-refractivity contribution in [2.75, 3.05) is 13.1 Å². The number of carbonyl (C=O) groups excluding carboxylic acids is 2. The van der Waals surface area contributed by atoms with E-state index in [2.05, 4.69) is 32.3 Å². The number of hydrogen-bond donors (Lipinski definition) is 1. The Morgan fingerprint density at radius 3 is 3.04 bits per heavy atom. The number of fused-ring (bicyclic) bond motifs is 1. The molecule has 0 saturated carbocycles. The molecule has 122 valence electrons. The second-order valence-corrected chi connectivity index (χ2v) is 6.49. The first-order chi connectivity index (χ1) is 11.6. The van der Waals surface area contributed by atoms with Crippen LogP contribution in [0.3, 0.4) is 0 Å². The topological polar surface area (TPSA) is 86.1 Å². The number of hydrogen-bond acceptors (Lipinski definition) is 4. The molecule has 1 N–H and O–H groups in total. The van der Waals surface area contributed by atoms with Gasteiger partial charge in [0.05, 0.1) is 23.7 Å². The summed E-state index contributed by atoms with van der Waals surface area (Å²) in [5.41, 5.74) is 1.17. The molecule has 1 aliphatic heterocycles. The normalized spacial score (nSPS) is 16.8. The van der Waals surface area contributed by atoms with E-state index in [4.69, 9.17) is 5.26 Å². The summed E-state index contributed by atoms with van der Waals surface area (Å²) in [6, 6.07) is 8.86. The molecule has 24 heavy (non-hydrogen) atoms. The third-order valence-corrected chi connectivity index (χ3v) is 4.56. The van der Waals surface area contributed by atoms with Gasteiger partial charge in [-0.25, -0.2) is 0 Å². The van der Waals surface area contributed by atoms with Crippen molar-refractivity contribution in [3.63, 3.8) is 0 Å². The fourth-order valence-corrected chi connectivity index (χ4v) is 3.22. The zero-order chi connectivity index (χ0) is 17.1. The largest absolute Gasteiger partial charge is 0.343 e. The van der Waals surface area contributed by atoms with Gasteiger partial charge < -0.3 is 10.2 Å². The Labute approximate surface area is 147 Å². The van der Waals surface area contributed by atoms with Crippen molar-refractivity contribution < 1.29 is 9.59 Å². The second kappa shape index (κ2) is 6.97. The highest BCUT2D eigenvalue weighted by Gasteiger charge is 2.28. The fourth-order valence-electron chi connectivity index (χ4n) is 2.87. The highest BCUT2D eigenvalue weighted by molar-refractivity contribution is 9.10. The van der Waals surface area contributed by atoms with Gasteiger partial charge in [0.15, 0.2) is 0 Å². The summed E-state index contributed by atoms with van der Waals surface area (Å²) >= 11 is 3.38. The summed E-state index contributed by atoms with van der Waals surface area (Å²) in [4.78, 5) is 30.4. The molecule has 1 unspecified atom stereocenters. The monoisotopic (exact) mass is 386 g/mol. The van der Waals surface area contributed by atoms with Crippen LogP contribution in [0.2, 0.25) is 0 Å². The van der Waals surface area contributed by atoms with E-state index in [-0.39, 0.29) is 24.4 Å². The Balaban J connectivity index is 1.72. The SMILES string of the molecule is N#CC1CCCN1C(=O)CNC(=O)c1ccnc2cc(Br)ccc12. The quantitative estimate of drug-likeness (QED) is 0.875. The number of amides is 2. The second-order valence-electron chi connectivity index (χ2n) is 5.58. The number of aromatic nitrogens is 1. The molecule has 2 aromatic rings. The van der Waals surface area contributed by atoms with Gasteiger partial charge in [-0.15, -0.1) is 0 Å². The summed E-state index contributed by atoms with van der Waals surface area (Å²) in [5, 5.41) is 12.4. The minimum Gasteiger partial charge on any atom is -0.343 e. The first kappa shape index (κ1) is 16.4. The molecule has 6 nitrogen and oxygen atoms in total. The summed E-state index contributed by atoms with van der Waals surface area (Å²) in [6.45, 7) is 0.455. The van der Waals surface area contributed by atoms with Crippen LogP contribution >= 0.6 is 15.9 Å². The summed E-state index contributed by atoms with van der Waals surface area (Å²) in [5.74, 6) is -0.556. The van der Waals surface area contributed by atoms with Crippen LogP contribution in [0.4, 0.5) is 0 Å². The zero-order valence-corrected chi connectivity index (χ0v) is 14.4. The molecular weight excluding hydrogens is 372 g/mol. The number of rotatable bonds is 3. The van der Waals surface area contributed by atoms with Crippen LogP contribution in [0.15, 0.2) is 34.9 Å². The predicted molar refractivity (Wildman–Crippen MR) is 92.1 cm³/mol. The van der Waals surface area contributed by atoms with Crippen molar-refractivity contribution in [3.05, 3.63) is 40.5 Å². The third kappa shape index (κ3) is 3.24. The molecule has 7 heteroatoms. The lowest BCUT2D eigenvalue weighted by atomic mass is 10.1. The van der Waals surface area contributed by atoms with Crippen molar-refractivity contribution >= 4 is 38.6 Å². The molecule has 1 saturated heterocycles. The number of nitrogens with zero attached hydrogens (tertiary/aromatic N) is 3. The van der Waals surface area contributed by atoms with Crippen molar-refractivity contribution in [1.82, 2.24) is 15.2 Å². The van der Waals surface area contributed by atoms with Crippen molar-refractivity contribution in [2.45, 2.75) is 18.9 Å². The smallest absolute Gasteiger partial charge is 0.252 e. The van der Waals surface area contributed by atoms with Gasteiger partial charge in [0.1, 0.15) is 6.04 Å². The number of nitrogens with one attached hydrogen (secondary N) is 1. The molecule has 1 fully saturated rings. The van der Waals surface area contributed by atoms with Crippen LogP contribution in [-0.4, -0.2) is 40.8 Å². The van der Waals surface area contributed by atoms with Crippen LogP contribution in [0.1, 0.15) is 23.2 Å². The first-order valence-electron chi connectivity index (χ1n) is 7.61. The minimum atomic E-state index is -0.381. The molecular formula is C17H15BrN4O2. The van der Waals surface area contributed by atoms with Crippen molar-refractivity contribution in [1.29, 1.82) is 5.26 Å². The van der Waals surface area contributed by atoms with Gasteiger partial charge in [-0.05, 0) is 31.0 Å². The molecule has 1 aromatic heterocycles. The minimum absolute atomic E-state index is 0.114. The maximum Gasteiger partial charge on any atom is 0.252 e. The Kier molecular flexibility index (Phi) is 4.76. The van der Waals surface area contributed by atoms with E-state index >= 15 is 0 Å². The molecule has 1 aromatic carbocycles. The lowest BCUT2D eigenvalue weighted by Crippen LogP contribution is -2.42. The molecule has 0 spiro atoms. The van der Waals surface area contributed by atoms with E-state index < -0.39 is 0 Å². The number of nitriles is 1. The van der Waals surface area contributed by atoms with Crippen LogP contribution in [0, 0.1) is 11.3 Å². The van der Waals surface area contributed by atoms with E-state index in [1.165, 1.54) is 4.90 Å². The van der Waals surface area contributed by atoms with E-state index in [1.807, 2.05) is 18.2 Å². The van der Waals surface area contributed by atoms with Gasteiger partial charge >= 0.3 is 0 Å². The third-order valence-electron chi connectivity index (χ3n) is 4.07. The number of benzene rings is 1. The Morgan fingerprint density at radius 2 is 2.25 bits per heavy atom. The highest BCUT2D eigenvalue weighted by Crippen LogP contribution is 2.21. The Bertz CT molecular complexity index is 846. The predicted octanol–water partition coefficient (Wildman–Crippen LogP) is 2.24. The standard InChI is InChI=1S/C17H15BrN4O2/c18-11-3-4-13-14(5-6-20-15(13)8-11)17(24)21-10-16(23)22-7-1-2-12(22)9-19/h3-6,8,12H,1-2,7,10H2,(H,21,24). The van der Waals surface area contributed by atoms with Gasteiger partial charge in [-0.3, -0.25) is 14.6 Å². The summed E-state index contributed by atoms with van der Waals surface area (Å²) in [7, 11) is 0. The van der Waals surface area contributed by atoms with Crippen LogP contribution < -0.4 is 5.32 Å². The van der Waals surface area contributed by atoms with Gasteiger partial charge in [-0.1, -0.05) is 22.0 Å². The van der Waals surface area contributed by atoms with Gasteiger partial charge in [0.2, 0.25) is 5.91 Å². The molecule has 0 radical (unpaired) electrons. The molecule has 1 atom stereocenters. The van der Waals surface area contributed by atoms with Crippen molar-refractivity contribution in [2.24, 2.45) is 0 Å². The highest BCUT2D eigenvalue weighted by atomic mass is 79.9. The van der Waals surface area contributed by atoms with Crippen molar-refractivity contribution in [3.8, 4) is 6.07 Å². The molecule has 2 amide bonds. The summed E-state index contributed by atoms with van der Waals surface area (Å²) < 4.78 is 0.881. The van der Waals surface area contributed by atoms with E-state index in [1.54, 1.807) is 12.3 Å². The number of pyridine rings is 1. The number of halogens is 1. The lowest BCUT2D eigenvalue weighted by molar-refractivity contribution is -0.130. The number of likely N-dealkylation sites (tertiary alicyclic amines) is 1. The molecule has 2 heterocycles. The van der Waals surface area contributed by atoms with Crippen LogP contribution in [-0.2, 0) is 4.79 Å². The Hall–Kier alpha value is -2.46. The molecule has 0 aliphatic carbocycles. The van der Waals surface area contributed by atoms with Crippen LogP contribution in [0.5, 0.6) is 0 Å². The van der Waals surface area contributed by atoms with Gasteiger partial charge in [-0.2, -0.15) is 5.26 Å². The molecule has 0 bridgehead atoms. The first-order valence-corrected chi connectivity index (χ1v) is 8.41.